The average Bonchev–Trinajstić information content (AvgIpc) is 2.87. The Bertz CT molecular complexity index is 251. The van der Waals surface area contributed by atoms with Gasteiger partial charge in [-0.1, -0.05) is 12.9 Å². The molecule has 4 unspecified atom stereocenters. The van der Waals surface area contributed by atoms with E-state index in [2.05, 4.69) is 9.47 Å². The number of fused-ring (bicyclic) bond motifs is 1. The largest absolute Gasteiger partial charge is 0.647 e. The first-order chi connectivity index (χ1) is 8.24. The summed E-state index contributed by atoms with van der Waals surface area (Å²) in [7, 11) is 0. The Hall–Kier alpha value is -0.116. The van der Waals surface area contributed by atoms with Crippen LogP contribution in [0.5, 0.6) is 0 Å². The van der Waals surface area contributed by atoms with Gasteiger partial charge >= 0.3 is 0 Å². The molecule has 0 aromatic carbocycles. The van der Waals surface area contributed by atoms with E-state index in [9.17, 15) is 9.90 Å². The summed E-state index contributed by atoms with van der Waals surface area (Å²) in [5, 5.41) is 16.9. The zero-order valence-electron chi connectivity index (χ0n) is 9.35. The summed E-state index contributed by atoms with van der Waals surface area (Å²) >= 11 is 0. The number of rotatable bonds is 4. The maximum atomic E-state index is 9.91. The summed E-state index contributed by atoms with van der Waals surface area (Å²) < 4.78 is 18.5. The van der Waals surface area contributed by atoms with Crippen LogP contribution in [-0.4, -0.2) is 67.6 Å². The summed E-state index contributed by atoms with van der Waals surface area (Å²) in [6.07, 6.45) is -1.68. The fraction of sp³-hybridized carbons (Fsp3) is 0.778. The van der Waals surface area contributed by atoms with Crippen LogP contribution in [0.1, 0.15) is 0 Å². The zero-order chi connectivity index (χ0) is 12.7. The van der Waals surface area contributed by atoms with Gasteiger partial charge in [-0.15, -0.1) is 0 Å². The van der Waals surface area contributed by atoms with Gasteiger partial charge in [-0.05, 0) is 0 Å². The summed E-state index contributed by atoms with van der Waals surface area (Å²) in [4.78, 5) is 18.8. The SMILES string of the molecule is O=[C-]OC1COC2C(O)COC12.O=[C-]OCO.[Y]. The molecule has 0 saturated carbocycles. The van der Waals surface area contributed by atoms with E-state index in [4.69, 9.17) is 19.4 Å². The van der Waals surface area contributed by atoms with Gasteiger partial charge in [-0.25, -0.2) is 0 Å². The third kappa shape index (κ3) is 4.87. The minimum atomic E-state index is -0.602. The Kier molecular flexibility index (Phi) is 9.70. The fourth-order valence-electron chi connectivity index (χ4n) is 1.63. The second-order valence-electron chi connectivity index (χ2n) is 3.26. The van der Waals surface area contributed by atoms with Crippen molar-refractivity contribution in [2.24, 2.45) is 0 Å². The van der Waals surface area contributed by atoms with E-state index in [0.717, 1.165) is 6.47 Å². The Labute approximate surface area is 128 Å². The Morgan fingerprint density at radius 2 is 1.83 bits per heavy atom. The molecule has 0 bridgehead atoms. The van der Waals surface area contributed by atoms with E-state index in [1.807, 2.05) is 0 Å². The third-order valence-corrected chi connectivity index (χ3v) is 2.30. The van der Waals surface area contributed by atoms with Crippen LogP contribution in [0.4, 0.5) is 0 Å². The van der Waals surface area contributed by atoms with Crippen molar-refractivity contribution in [1.29, 1.82) is 0 Å². The summed E-state index contributed by atoms with van der Waals surface area (Å²) in [6, 6.07) is 0. The molecule has 2 rings (SSSR count). The van der Waals surface area contributed by atoms with Gasteiger partial charge in [0.25, 0.3) is 0 Å². The van der Waals surface area contributed by atoms with Crippen molar-refractivity contribution in [3.05, 3.63) is 0 Å². The average molecular weight is 337 g/mol. The summed E-state index contributed by atoms with van der Waals surface area (Å²) in [6.45, 7) is 2.31. The molecule has 0 aromatic heterocycles. The van der Waals surface area contributed by atoms with Gasteiger partial charge in [0.1, 0.15) is 24.4 Å². The van der Waals surface area contributed by atoms with E-state index in [1.165, 1.54) is 6.47 Å². The van der Waals surface area contributed by atoms with Crippen LogP contribution in [0, 0.1) is 0 Å². The van der Waals surface area contributed by atoms with Crippen LogP contribution in [-0.2, 0) is 61.2 Å². The topological polar surface area (TPSA) is 112 Å². The van der Waals surface area contributed by atoms with E-state index >= 15 is 0 Å². The minimum Gasteiger partial charge on any atom is -0.647 e. The van der Waals surface area contributed by atoms with Crippen molar-refractivity contribution in [1.82, 2.24) is 0 Å². The molecule has 0 aromatic rings. The van der Waals surface area contributed by atoms with Crippen LogP contribution < -0.4 is 0 Å². The number of hydrogen-bond acceptors (Lipinski definition) is 8. The summed E-state index contributed by atoms with van der Waals surface area (Å²) in [5.41, 5.74) is 0. The quantitative estimate of drug-likeness (QED) is 0.432. The predicted octanol–water partition coefficient (Wildman–Crippen LogP) is -2.39. The molecule has 18 heavy (non-hydrogen) atoms. The molecule has 2 N–H and O–H groups in total. The van der Waals surface area contributed by atoms with E-state index in [0.29, 0.717) is 0 Å². The Morgan fingerprint density at radius 3 is 2.33 bits per heavy atom. The minimum absolute atomic E-state index is 0. The maximum Gasteiger partial charge on any atom is 0.152 e. The number of ether oxygens (including phenoxy) is 4. The Morgan fingerprint density at radius 1 is 1.17 bits per heavy atom. The molecule has 2 aliphatic heterocycles. The van der Waals surface area contributed by atoms with Crippen molar-refractivity contribution in [2.45, 2.75) is 24.4 Å². The molecular formula is C9H12O8Y-2. The van der Waals surface area contributed by atoms with Crippen LogP contribution in [0.2, 0.25) is 0 Å². The smallest absolute Gasteiger partial charge is 0.152 e. The monoisotopic (exact) mass is 337 g/mol. The first kappa shape index (κ1) is 17.9. The normalized spacial score (nSPS) is 32.3. The Balaban J connectivity index is 0.000000421. The first-order valence-corrected chi connectivity index (χ1v) is 4.78. The molecule has 8 nitrogen and oxygen atoms in total. The van der Waals surface area contributed by atoms with Gasteiger partial charge in [0.15, 0.2) is 6.79 Å². The molecule has 2 heterocycles. The standard InChI is InChI=1S/C7H9O5.C2H3O3.Y/c8-3-12-5-2-11-6-4(9)1-10-7(5)6;3-1-5-2-4;/h4-7,9H,1-2H2;3H,1H2;/q2*-1;. The predicted molar refractivity (Wildman–Crippen MR) is 49.9 cm³/mol. The molecule has 1 radical (unpaired) electrons. The number of aliphatic hydroxyl groups excluding tert-OH is 2. The zero-order valence-corrected chi connectivity index (χ0v) is 12.2. The van der Waals surface area contributed by atoms with Gasteiger partial charge in [-0.2, -0.15) is 0 Å². The molecule has 101 valence electrons. The van der Waals surface area contributed by atoms with Crippen molar-refractivity contribution >= 4 is 12.9 Å². The molecule has 2 aliphatic rings. The van der Waals surface area contributed by atoms with Gasteiger partial charge < -0.3 is 38.7 Å². The molecule has 4 atom stereocenters. The number of carbonyl (C=O) groups excluding carboxylic acids is 2. The second kappa shape index (κ2) is 9.77. The number of aliphatic hydroxyl groups is 2. The second-order valence-corrected chi connectivity index (χ2v) is 3.26. The molecule has 2 saturated heterocycles. The van der Waals surface area contributed by atoms with Gasteiger partial charge in [0.05, 0.1) is 13.2 Å². The van der Waals surface area contributed by atoms with E-state index < -0.39 is 19.0 Å². The van der Waals surface area contributed by atoms with Crippen LogP contribution in [0.3, 0.4) is 0 Å². The van der Waals surface area contributed by atoms with Crippen molar-refractivity contribution in [3.63, 3.8) is 0 Å². The van der Waals surface area contributed by atoms with Crippen LogP contribution in [0.15, 0.2) is 0 Å². The van der Waals surface area contributed by atoms with Gasteiger partial charge in [0.2, 0.25) is 0 Å². The van der Waals surface area contributed by atoms with Gasteiger partial charge in [0, 0.05) is 32.7 Å². The summed E-state index contributed by atoms with van der Waals surface area (Å²) in [5.74, 6) is 0. The third-order valence-electron chi connectivity index (χ3n) is 2.30. The maximum absolute atomic E-state index is 9.91. The fourth-order valence-corrected chi connectivity index (χ4v) is 1.63. The van der Waals surface area contributed by atoms with Crippen molar-refractivity contribution in [2.75, 3.05) is 20.0 Å². The molecular weight excluding hydrogens is 325 g/mol. The molecule has 2 fully saturated rings. The first-order valence-electron chi connectivity index (χ1n) is 4.78. The van der Waals surface area contributed by atoms with Crippen LogP contribution >= 0.6 is 0 Å². The molecule has 0 aliphatic carbocycles. The van der Waals surface area contributed by atoms with Crippen LogP contribution in [0.25, 0.3) is 0 Å². The van der Waals surface area contributed by atoms with Crippen molar-refractivity contribution < 1.29 is 71.5 Å². The van der Waals surface area contributed by atoms with Crippen molar-refractivity contribution in [3.8, 4) is 0 Å². The molecule has 0 amide bonds. The van der Waals surface area contributed by atoms with E-state index in [1.54, 1.807) is 0 Å². The molecule has 9 heteroatoms. The van der Waals surface area contributed by atoms with E-state index in [-0.39, 0.29) is 58.1 Å². The molecule has 0 spiro atoms. The van der Waals surface area contributed by atoms with Gasteiger partial charge in [-0.3, -0.25) is 0 Å². The number of hydrogen-bond donors (Lipinski definition) is 2.